The van der Waals surface area contributed by atoms with Crippen molar-refractivity contribution in [3.63, 3.8) is 0 Å². The van der Waals surface area contributed by atoms with Gasteiger partial charge in [0, 0.05) is 17.1 Å². The Balaban J connectivity index is 2.18. The molecule has 0 spiro atoms. The molecule has 0 bridgehead atoms. The summed E-state index contributed by atoms with van der Waals surface area (Å²) in [5, 5.41) is 2.53. The molecule has 3 rings (SSSR count). The summed E-state index contributed by atoms with van der Waals surface area (Å²) in [6, 6.07) is 19.0. The third-order valence-electron chi connectivity index (χ3n) is 3.49. The van der Waals surface area contributed by atoms with Gasteiger partial charge < -0.3 is 0 Å². The first-order valence-corrected chi connectivity index (χ1v) is 6.70. The first-order valence-electron chi connectivity index (χ1n) is 6.70. The SMILES string of the molecule is CC(C)c1cccc2cc(-c3ccccc3)ncc12. The molecule has 0 atom stereocenters. The van der Waals surface area contributed by atoms with Crippen LogP contribution in [-0.2, 0) is 0 Å². The fourth-order valence-electron chi connectivity index (χ4n) is 2.47. The van der Waals surface area contributed by atoms with Gasteiger partial charge in [0.05, 0.1) is 5.69 Å². The van der Waals surface area contributed by atoms with Gasteiger partial charge in [-0.1, -0.05) is 62.4 Å². The maximum absolute atomic E-state index is 4.62. The minimum Gasteiger partial charge on any atom is -0.256 e. The Morgan fingerprint density at radius 1 is 0.895 bits per heavy atom. The maximum Gasteiger partial charge on any atom is 0.0708 e. The zero-order valence-corrected chi connectivity index (χ0v) is 11.3. The third kappa shape index (κ3) is 2.24. The van der Waals surface area contributed by atoms with Crippen LogP contribution in [-0.4, -0.2) is 4.98 Å². The number of pyridine rings is 1. The van der Waals surface area contributed by atoms with E-state index in [4.69, 9.17) is 0 Å². The Morgan fingerprint density at radius 3 is 2.42 bits per heavy atom. The Hall–Kier alpha value is -2.15. The van der Waals surface area contributed by atoms with Gasteiger partial charge in [0.1, 0.15) is 0 Å². The summed E-state index contributed by atoms with van der Waals surface area (Å²) in [5.74, 6) is 0.521. The Bertz CT molecular complexity index is 699. The van der Waals surface area contributed by atoms with Crippen LogP contribution in [0, 0.1) is 0 Å². The van der Waals surface area contributed by atoms with E-state index in [1.54, 1.807) is 0 Å². The van der Waals surface area contributed by atoms with E-state index in [9.17, 15) is 0 Å². The van der Waals surface area contributed by atoms with Crippen molar-refractivity contribution in [2.45, 2.75) is 19.8 Å². The van der Waals surface area contributed by atoms with Crippen LogP contribution in [0.15, 0.2) is 60.8 Å². The fraction of sp³-hybridized carbons (Fsp3) is 0.167. The molecule has 1 heteroatoms. The number of aromatic nitrogens is 1. The second-order valence-electron chi connectivity index (χ2n) is 5.16. The van der Waals surface area contributed by atoms with Crippen LogP contribution in [0.2, 0.25) is 0 Å². The van der Waals surface area contributed by atoms with E-state index in [1.807, 2.05) is 24.4 Å². The lowest BCUT2D eigenvalue weighted by Crippen LogP contribution is -1.91. The molecule has 19 heavy (non-hydrogen) atoms. The predicted molar refractivity (Wildman–Crippen MR) is 81.3 cm³/mol. The molecule has 0 radical (unpaired) electrons. The molecule has 0 unspecified atom stereocenters. The summed E-state index contributed by atoms with van der Waals surface area (Å²) in [4.78, 5) is 4.62. The molecule has 0 saturated carbocycles. The van der Waals surface area contributed by atoms with Gasteiger partial charge in [0.25, 0.3) is 0 Å². The number of hydrogen-bond donors (Lipinski definition) is 0. The first-order chi connectivity index (χ1) is 9.25. The van der Waals surface area contributed by atoms with E-state index < -0.39 is 0 Å². The average Bonchev–Trinajstić information content (AvgIpc) is 2.47. The van der Waals surface area contributed by atoms with Gasteiger partial charge in [-0.3, -0.25) is 4.98 Å². The van der Waals surface area contributed by atoms with E-state index in [1.165, 1.54) is 21.9 Å². The van der Waals surface area contributed by atoms with Crippen molar-refractivity contribution in [3.8, 4) is 11.3 Å². The molecule has 2 aromatic carbocycles. The van der Waals surface area contributed by atoms with Crippen LogP contribution in [0.5, 0.6) is 0 Å². The van der Waals surface area contributed by atoms with E-state index in [0.717, 1.165) is 5.69 Å². The molecule has 0 aliphatic carbocycles. The van der Waals surface area contributed by atoms with E-state index in [2.05, 4.69) is 55.2 Å². The summed E-state index contributed by atoms with van der Waals surface area (Å²) < 4.78 is 0. The van der Waals surface area contributed by atoms with Crippen LogP contribution in [0.25, 0.3) is 22.0 Å². The van der Waals surface area contributed by atoms with Gasteiger partial charge in [-0.25, -0.2) is 0 Å². The predicted octanol–water partition coefficient (Wildman–Crippen LogP) is 5.03. The van der Waals surface area contributed by atoms with Crippen LogP contribution in [0.1, 0.15) is 25.3 Å². The second-order valence-corrected chi connectivity index (χ2v) is 5.16. The zero-order chi connectivity index (χ0) is 13.2. The van der Waals surface area contributed by atoms with Crippen molar-refractivity contribution in [2.75, 3.05) is 0 Å². The molecular formula is C18H17N. The molecule has 0 saturated heterocycles. The van der Waals surface area contributed by atoms with Crippen molar-refractivity contribution in [2.24, 2.45) is 0 Å². The molecule has 0 aliphatic heterocycles. The summed E-state index contributed by atoms with van der Waals surface area (Å²) in [6.45, 7) is 4.44. The van der Waals surface area contributed by atoms with E-state index >= 15 is 0 Å². The standard InChI is InChI=1S/C18H17N/c1-13(2)16-10-6-9-15-11-18(19-12-17(15)16)14-7-4-3-5-8-14/h3-13H,1-2H3. The molecule has 0 aliphatic rings. The van der Waals surface area contributed by atoms with Crippen LogP contribution in [0.4, 0.5) is 0 Å². The van der Waals surface area contributed by atoms with E-state index in [0.29, 0.717) is 5.92 Å². The third-order valence-corrected chi connectivity index (χ3v) is 3.49. The van der Waals surface area contributed by atoms with E-state index in [-0.39, 0.29) is 0 Å². The molecule has 1 heterocycles. The maximum atomic E-state index is 4.62. The van der Waals surface area contributed by atoms with Crippen molar-refractivity contribution >= 4 is 10.8 Å². The largest absolute Gasteiger partial charge is 0.256 e. The highest BCUT2D eigenvalue weighted by Gasteiger charge is 2.06. The molecular weight excluding hydrogens is 230 g/mol. The van der Waals surface area contributed by atoms with Crippen LogP contribution >= 0.6 is 0 Å². The average molecular weight is 247 g/mol. The highest BCUT2D eigenvalue weighted by atomic mass is 14.7. The van der Waals surface area contributed by atoms with Gasteiger partial charge in [0.15, 0.2) is 0 Å². The minimum absolute atomic E-state index is 0.521. The van der Waals surface area contributed by atoms with Crippen molar-refractivity contribution < 1.29 is 0 Å². The lowest BCUT2D eigenvalue weighted by atomic mass is 9.96. The monoisotopic (exact) mass is 247 g/mol. The summed E-state index contributed by atoms with van der Waals surface area (Å²) in [5.41, 5.74) is 3.57. The number of hydrogen-bond acceptors (Lipinski definition) is 1. The summed E-state index contributed by atoms with van der Waals surface area (Å²) >= 11 is 0. The van der Waals surface area contributed by atoms with Gasteiger partial charge >= 0.3 is 0 Å². The second kappa shape index (κ2) is 4.85. The van der Waals surface area contributed by atoms with Gasteiger partial charge in [0.2, 0.25) is 0 Å². The Kier molecular flexibility index (Phi) is 3.04. The number of benzene rings is 2. The Labute approximate surface area is 113 Å². The van der Waals surface area contributed by atoms with Gasteiger partial charge in [-0.15, -0.1) is 0 Å². The highest BCUT2D eigenvalue weighted by molar-refractivity contribution is 5.88. The molecule has 0 fully saturated rings. The van der Waals surface area contributed by atoms with Crippen LogP contribution < -0.4 is 0 Å². The normalized spacial score (nSPS) is 11.1. The lowest BCUT2D eigenvalue weighted by Gasteiger charge is -2.10. The number of nitrogens with zero attached hydrogens (tertiary/aromatic N) is 1. The van der Waals surface area contributed by atoms with Crippen molar-refractivity contribution in [3.05, 3.63) is 66.4 Å². The van der Waals surface area contributed by atoms with Gasteiger partial charge in [-0.05, 0) is 22.9 Å². The quantitative estimate of drug-likeness (QED) is 0.619. The molecule has 3 aromatic rings. The fourth-order valence-corrected chi connectivity index (χ4v) is 2.47. The smallest absolute Gasteiger partial charge is 0.0708 e. The topological polar surface area (TPSA) is 12.9 Å². The summed E-state index contributed by atoms with van der Waals surface area (Å²) in [6.07, 6.45) is 2.01. The number of rotatable bonds is 2. The Morgan fingerprint density at radius 2 is 1.68 bits per heavy atom. The molecule has 94 valence electrons. The van der Waals surface area contributed by atoms with Crippen molar-refractivity contribution in [1.29, 1.82) is 0 Å². The summed E-state index contributed by atoms with van der Waals surface area (Å²) in [7, 11) is 0. The van der Waals surface area contributed by atoms with Crippen molar-refractivity contribution in [1.82, 2.24) is 4.98 Å². The lowest BCUT2D eigenvalue weighted by molar-refractivity contribution is 0.876. The first kappa shape index (κ1) is 11.9. The highest BCUT2D eigenvalue weighted by Crippen LogP contribution is 2.27. The molecule has 1 nitrogen and oxygen atoms in total. The van der Waals surface area contributed by atoms with Gasteiger partial charge in [-0.2, -0.15) is 0 Å². The molecule has 1 aromatic heterocycles. The molecule has 0 amide bonds. The minimum atomic E-state index is 0.521. The number of fused-ring (bicyclic) bond motifs is 1. The molecule has 0 N–H and O–H groups in total. The van der Waals surface area contributed by atoms with Crippen LogP contribution in [0.3, 0.4) is 0 Å². The zero-order valence-electron chi connectivity index (χ0n) is 11.3.